The van der Waals surface area contributed by atoms with Crippen LogP contribution in [-0.4, -0.2) is 28.0 Å². The smallest absolute Gasteiger partial charge is 0.341 e. The van der Waals surface area contributed by atoms with Crippen LogP contribution in [0.25, 0.3) is 0 Å². The molecular weight excluding hydrogens is 508 g/mol. The number of thiophene rings is 1. The molecule has 158 valence electrons. The number of esters is 1. The Morgan fingerprint density at radius 1 is 1.33 bits per heavy atom. The number of aryl methyl sites for hydroxylation is 1. The summed E-state index contributed by atoms with van der Waals surface area (Å²) in [7, 11) is 1.37. The number of benzene rings is 1. The van der Waals surface area contributed by atoms with E-state index >= 15 is 0 Å². The zero-order valence-electron chi connectivity index (χ0n) is 16.6. The van der Waals surface area contributed by atoms with E-state index in [0.29, 0.717) is 33.1 Å². The summed E-state index contributed by atoms with van der Waals surface area (Å²) in [6.45, 7) is 4.58. The number of ether oxygens (including phenoxy) is 1. The van der Waals surface area contributed by atoms with Crippen molar-refractivity contribution < 1.29 is 9.53 Å². The minimum atomic E-state index is -0.380. The van der Waals surface area contributed by atoms with E-state index in [1.165, 1.54) is 18.4 Å². The van der Waals surface area contributed by atoms with Crippen molar-refractivity contribution in [1.82, 2.24) is 9.78 Å². The molecule has 2 N–H and O–H groups in total. The molecule has 0 unspecified atom stereocenters. The number of hydrogen-bond donors (Lipinski definition) is 2. The van der Waals surface area contributed by atoms with Crippen LogP contribution in [0.2, 0.25) is 5.02 Å². The zero-order chi connectivity index (χ0) is 21.8. The van der Waals surface area contributed by atoms with Gasteiger partial charge in [0.05, 0.1) is 23.7 Å². The van der Waals surface area contributed by atoms with Crippen LogP contribution in [0.15, 0.2) is 34.9 Å². The minimum Gasteiger partial charge on any atom is -0.465 e. The van der Waals surface area contributed by atoms with Gasteiger partial charge in [0, 0.05) is 16.1 Å². The number of anilines is 2. The molecule has 0 aliphatic carbocycles. The molecule has 30 heavy (non-hydrogen) atoms. The summed E-state index contributed by atoms with van der Waals surface area (Å²) >= 11 is 16.4. The van der Waals surface area contributed by atoms with Crippen LogP contribution in [-0.2, 0) is 17.7 Å². The van der Waals surface area contributed by atoms with Gasteiger partial charge in [-0.2, -0.15) is 5.10 Å². The van der Waals surface area contributed by atoms with Gasteiger partial charge in [-0.25, -0.2) is 4.79 Å². The number of methoxy groups -OCH3 is 1. The highest BCUT2D eigenvalue weighted by Crippen LogP contribution is 2.34. The number of thiocarbonyl (C=S) groups is 1. The Balaban J connectivity index is 1.73. The van der Waals surface area contributed by atoms with Crippen LogP contribution >= 0.6 is 51.1 Å². The van der Waals surface area contributed by atoms with Crippen molar-refractivity contribution in [2.75, 3.05) is 17.7 Å². The summed E-state index contributed by atoms with van der Waals surface area (Å²) in [6.07, 6.45) is 2.60. The normalized spacial score (nSPS) is 10.7. The van der Waals surface area contributed by atoms with Crippen LogP contribution in [0.1, 0.15) is 33.3 Å². The van der Waals surface area contributed by atoms with Crippen LogP contribution < -0.4 is 10.6 Å². The monoisotopic (exact) mass is 526 g/mol. The standard InChI is InChI=1S/C20H20BrClN4O2S2/c1-4-14-11(2)30-18(16(14)19(27)28-3)24-20(29)23-17-15(21)10-26(25-17)9-12-5-7-13(22)8-6-12/h5-8,10H,4,9H2,1-3H3,(H2,23,24,25,29). The molecule has 0 radical (unpaired) electrons. The van der Waals surface area contributed by atoms with Crippen molar-refractivity contribution in [3.05, 3.63) is 61.5 Å². The van der Waals surface area contributed by atoms with E-state index in [0.717, 1.165) is 26.9 Å². The molecule has 0 spiro atoms. The lowest BCUT2D eigenvalue weighted by molar-refractivity contribution is 0.0601. The van der Waals surface area contributed by atoms with Gasteiger partial charge in [0.25, 0.3) is 0 Å². The van der Waals surface area contributed by atoms with Crippen molar-refractivity contribution in [3.63, 3.8) is 0 Å². The molecule has 2 heterocycles. The zero-order valence-corrected chi connectivity index (χ0v) is 20.6. The number of halogens is 2. The van der Waals surface area contributed by atoms with E-state index in [-0.39, 0.29) is 5.97 Å². The molecule has 0 aliphatic heterocycles. The third kappa shape index (κ3) is 5.21. The van der Waals surface area contributed by atoms with Crippen molar-refractivity contribution >= 4 is 73.0 Å². The number of rotatable bonds is 6. The molecule has 3 rings (SSSR count). The van der Waals surface area contributed by atoms with Gasteiger partial charge < -0.3 is 15.4 Å². The minimum absolute atomic E-state index is 0.335. The van der Waals surface area contributed by atoms with E-state index in [9.17, 15) is 4.79 Å². The third-order valence-electron chi connectivity index (χ3n) is 4.39. The summed E-state index contributed by atoms with van der Waals surface area (Å²) in [6, 6.07) is 7.60. The number of carbonyl (C=O) groups excluding carboxylic acids is 1. The van der Waals surface area contributed by atoms with Gasteiger partial charge in [-0.15, -0.1) is 11.3 Å². The second-order valence-corrected chi connectivity index (χ2v) is 9.34. The van der Waals surface area contributed by atoms with Gasteiger partial charge in [-0.05, 0) is 64.8 Å². The predicted octanol–water partition coefficient (Wildman–Crippen LogP) is 5.88. The lowest BCUT2D eigenvalue weighted by atomic mass is 10.1. The van der Waals surface area contributed by atoms with Crippen LogP contribution in [0.4, 0.5) is 10.8 Å². The summed E-state index contributed by atoms with van der Waals surface area (Å²) in [5, 5.41) is 12.4. The third-order valence-corrected chi connectivity index (χ3v) is 6.49. The lowest BCUT2D eigenvalue weighted by Crippen LogP contribution is -2.21. The predicted molar refractivity (Wildman–Crippen MR) is 130 cm³/mol. The fourth-order valence-corrected chi connectivity index (χ4v) is 4.93. The molecule has 2 aromatic heterocycles. The molecule has 0 saturated heterocycles. The SMILES string of the molecule is CCc1c(C)sc(NC(=S)Nc2nn(Cc3ccc(Cl)cc3)cc2Br)c1C(=O)OC. The molecule has 0 saturated carbocycles. The number of aromatic nitrogens is 2. The molecular formula is C20H20BrClN4O2S2. The molecule has 0 fully saturated rings. The first-order valence-electron chi connectivity index (χ1n) is 9.08. The van der Waals surface area contributed by atoms with E-state index < -0.39 is 0 Å². The molecule has 6 nitrogen and oxygen atoms in total. The first-order valence-corrected chi connectivity index (χ1v) is 11.5. The second kappa shape index (κ2) is 9.91. The van der Waals surface area contributed by atoms with Crippen molar-refractivity contribution in [2.45, 2.75) is 26.8 Å². The maximum atomic E-state index is 12.3. The number of carbonyl (C=O) groups is 1. The van der Waals surface area contributed by atoms with Crippen LogP contribution in [0.5, 0.6) is 0 Å². The first-order chi connectivity index (χ1) is 14.3. The van der Waals surface area contributed by atoms with Crippen molar-refractivity contribution in [2.24, 2.45) is 0 Å². The largest absolute Gasteiger partial charge is 0.465 e. The van der Waals surface area contributed by atoms with Gasteiger partial charge in [0.2, 0.25) is 0 Å². The quantitative estimate of drug-likeness (QED) is 0.308. The Hall–Kier alpha value is -1.94. The van der Waals surface area contributed by atoms with Crippen molar-refractivity contribution in [1.29, 1.82) is 0 Å². The Bertz CT molecular complexity index is 1080. The van der Waals surface area contributed by atoms with Gasteiger partial charge in [0.1, 0.15) is 5.00 Å². The number of nitrogens with zero attached hydrogens (tertiary/aromatic N) is 2. The molecule has 0 aliphatic rings. The summed E-state index contributed by atoms with van der Waals surface area (Å²) in [5.41, 5.74) is 2.56. The van der Waals surface area contributed by atoms with Crippen LogP contribution in [0, 0.1) is 6.92 Å². The van der Waals surface area contributed by atoms with E-state index in [4.69, 9.17) is 28.6 Å². The highest BCUT2D eigenvalue weighted by molar-refractivity contribution is 9.10. The van der Waals surface area contributed by atoms with Crippen LogP contribution in [0.3, 0.4) is 0 Å². The van der Waals surface area contributed by atoms with E-state index in [2.05, 4.69) is 31.7 Å². The van der Waals surface area contributed by atoms with E-state index in [1.54, 1.807) is 4.68 Å². The molecule has 0 bridgehead atoms. The second-order valence-electron chi connectivity index (χ2n) is 6.41. The number of nitrogens with one attached hydrogen (secondary N) is 2. The lowest BCUT2D eigenvalue weighted by Gasteiger charge is -2.10. The maximum absolute atomic E-state index is 12.3. The van der Waals surface area contributed by atoms with Gasteiger partial charge >= 0.3 is 5.97 Å². The van der Waals surface area contributed by atoms with Gasteiger partial charge in [-0.1, -0.05) is 30.7 Å². The summed E-state index contributed by atoms with van der Waals surface area (Å²) in [4.78, 5) is 13.3. The molecule has 0 atom stereocenters. The van der Waals surface area contributed by atoms with Gasteiger partial charge in [-0.3, -0.25) is 4.68 Å². The molecule has 10 heteroatoms. The first kappa shape index (κ1) is 22.7. The Morgan fingerprint density at radius 3 is 2.67 bits per heavy atom. The Labute approximate surface area is 197 Å². The van der Waals surface area contributed by atoms with Crippen molar-refractivity contribution in [3.8, 4) is 0 Å². The Kier molecular flexibility index (Phi) is 7.51. The fourth-order valence-electron chi connectivity index (χ4n) is 2.99. The summed E-state index contributed by atoms with van der Waals surface area (Å²) < 4.78 is 7.51. The summed E-state index contributed by atoms with van der Waals surface area (Å²) in [5.74, 6) is 0.194. The maximum Gasteiger partial charge on any atom is 0.341 e. The Morgan fingerprint density at radius 2 is 2.03 bits per heavy atom. The molecule has 0 amide bonds. The number of hydrogen-bond acceptors (Lipinski definition) is 5. The fraction of sp³-hybridized carbons (Fsp3) is 0.250. The molecule has 3 aromatic rings. The van der Waals surface area contributed by atoms with E-state index in [1.807, 2.05) is 44.3 Å². The topological polar surface area (TPSA) is 68.2 Å². The molecule has 1 aromatic carbocycles. The highest BCUT2D eigenvalue weighted by atomic mass is 79.9. The average molecular weight is 528 g/mol. The van der Waals surface area contributed by atoms with Gasteiger partial charge in [0.15, 0.2) is 10.9 Å². The highest BCUT2D eigenvalue weighted by Gasteiger charge is 2.22. The average Bonchev–Trinajstić information content (AvgIpc) is 3.21.